The third kappa shape index (κ3) is 1.88. The molecule has 65 valence electrons. The molecule has 0 amide bonds. The Hall–Kier alpha value is -0.780. The molecule has 1 radical (unpaired) electrons. The zero-order chi connectivity index (χ0) is 9.35. The lowest BCUT2D eigenvalue weighted by atomic mass is 10.3. The number of benzene rings is 1. The molecule has 0 aliphatic rings. The standard InChI is InChI=1S/C6H5ClNO3S/c7-4-1-2-5(9)6(3-4)12(8,10)11/h1-3H,(H2,8,10,11). The van der Waals surface area contributed by atoms with Gasteiger partial charge in [0.05, 0.1) is 0 Å². The number of rotatable bonds is 1. The van der Waals surface area contributed by atoms with Crippen molar-refractivity contribution in [2.75, 3.05) is 0 Å². The minimum atomic E-state index is -3.95. The minimum absolute atomic E-state index is 0.165. The van der Waals surface area contributed by atoms with Crippen molar-refractivity contribution in [3.63, 3.8) is 0 Å². The quantitative estimate of drug-likeness (QED) is 0.748. The molecule has 0 spiro atoms. The maximum absolute atomic E-state index is 10.9. The lowest BCUT2D eigenvalue weighted by molar-refractivity contribution is 0.343. The summed E-state index contributed by atoms with van der Waals surface area (Å²) in [4.78, 5) is -0.477. The summed E-state index contributed by atoms with van der Waals surface area (Å²) in [5, 5.41) is 15.8. The van der Waals surface area contributed by atoms with Crippen LogP contribution in [0.2, 0.25) is 5.02 Å². The third-order valence-electron chi connectivity index (χ3n) is 1.21. The van der Waals surface area contributed by atoms with Crippen molar-refractivity contribution in [3.05, 3.63) is 23.2 Å². The highest BCUT2D eigenvalue weighted by atomic mass is 35.5. The highest BCUT2D eigenvalue weighted by Gasteiger charge is 2.14. The van der Waals surface area contributed by atoms with Gasteiger partial charge in [0.25, 0.3) is 0 Å². The van der Waals surface area contributed by atoms with Crippen molar-refractivity contribution in [2.24, 2.45) is 5.14 Å². The molecule has 4 nitrogen and oxygen atoms in total. The van der Waals surface area contributed by atoms with Crippen LogP contribution in [0.4, 0.5) is 0 Å². The summed E-state index contributed by atoms with van der Waals surface area (Å²) in [5.41, 5.74) is 0. The molecule has 0 unspecified atom stereocenters. The number of hydrogen-bond donors (Lipinski definition) is 1. The predicted molar refractivity (Wildman–Crippen MR) is 43.0 cm³/mol. The molecule has 0 saturated heterocycles. The second-order valence-corrected chi connectivity index (χ2v) is 4.10. The van der Waals surface area contributed by atoms with E-state index in [2.05, 4.69) is 0 Å². The van der Waals surface area contributed by atoms with Gasteiger partial charge < -0.3 is 0 Å². The summed E-state index contributed by atoms with van der Waals surface area (Å²) in [6.45, 7) is 0. The Kier molecular flexibility index (Phi) is 2.27. The van der Waals surface area contributed by atoms with Crippen LogP contribution in [0, 0.1) is 0 Å². The summed E-state index contributed by atoms with van der Waals surface area (Å²) in [6, 6.07) is 3.39. The van der Waals surface area contributed by atoms with Crippen LogP contribution < -0.4 is 5.14 Å². The topological polar surface area (TPSA) is 80.1 Å². The van der Waals surface area contributed by atoms with Gasteiger partial charge >= 0.3 is 0 Å². The molecule has 0 fully saturated rings. The van der Waals surface area contributed by atoms with Crippen molar-refractivity contribution in [3.8, 4) is 5.75 Å². The van der Waals surface area contributed by atoms with Crippen molar-refractivity contribution >= 4 is 21.6 Å². The summed E-state index contributed by atoms with van der Waals surface area (Å²) in [7, 11) is -3.95. The van der Waals surface area contributed by atoms with Gasteiger partial charge in [-0.3, -0.25) is 5.11 Å². The smallest absolute Gasteiger partial charge is 0.241 e. The van der Waals surface area contributed by atoms with Gasteiger partial charge in [0.15, 0.2) is 5.75 Å². The molecule has 12 heavy (non-hydrogen) atoms. The van der Waals surface area contributed by atoms with Crippen LogP contribution in [-0.2, 0) is 15.1 Å². The first-order chi connectivity index (χ1) is 5.41. The third-order valence-corrected chi connectivity index (χ3v) is 2.38. The zero-order valence-electron chi connectivity index (χ0n) is 5.82. The first-order valence-corrected chi connectivity index (χ1v) is 4.83. The van der Waals surface area contributed by atoms with E-state index in [9.17, 15) is 13.5 Å². The van der Waals surface area contributed by atoms with E-state index in [-0.39, 0.29) is 5.02 Å². The molecule has 6 heteroatoms. The molecule has 0 aromatic heterocycles. The molecule has 0 aliphatic heterocycles. The number of primary sulfonamides is 1. The Labute approximate surface area is 74.6 Å². The van der Waals surface area contributed by atoms with Crippen LogP contribution in [-0.4, -0.2) is 8.42 Å². The molecule has 0 atom stereocenters. The van der Waals surface area contributed by atoms with Crippen LogP contribution in [0.1, 0.15) is 0 Å². The van der Waals surface area contributed by atoms with Crippen LogP contribution >= 0.6 is 11.6 Å². The van der Waals surface area contributed by atoms with Gasteiger partial charge in [-0.05, 0) is 18.2 Å². The lowest BCUT2D eigenvalue weighted by Crippen LogP contribution is -2.11. The fraction of sp³-hybridized carbons (Fsp3) is 0. The number of halogens is 1. The van der Waals surface area contributed by atoms with Gasteiger partial charge in [0.1, 0.15) is 4.90 Å². The van der Waals surface area contributed by atoms with Crippen LogP contribution in [0.25, 0.3) is 0 Å². The Bertz CT molecular complexity index is 401. The Balaban J connectivity index is 3.43. The van der Waals surface area contributed by atoms with Crippen molar-refractivity contribution < 1.29 is 13.5 Å². The van der Waals surface area contributed by atoms with E-state index in [1.165, 1.54) is 6.07 Å². The van der Waals surface area contributed by atoms with E-state index in [1.54, 1.807) is 0 Å². The highest BCUT2D eigenvalue weighted by molar-refractivity contribution is 7.89. The number of sulfonamides is 1. The first-order valence-electron chi connectivity index (χ1n) is 2.90. The van der Waals surface area contributed by atoms with Gasteiger partial charge in [0, 0.05) is 5.02 Å². The van der Waals surface area contributed by atoms with Crippen molar-refractivity contribution in [1.29, 1.82) is 0 Å². The number of nitrogens with two attached hydrogens (primary N) is 1. The fourth-order valence-corrected chi connectivity index (χ4v) is 1.58. The average Bonchev–Trinajstić information content (AvgIpc) is 1.92. The van der Waals surface area contributed by atoms with Crippen molar-refractivity contribution in [2.45, 2.75) is 4.90 Å². The second-order valence-electron chi connectivity index (χ2n) is 2.14. The zero-order valence-corrected chi connectivity index (χ0v) is 7.39. The maximum Gasteiger partial charge on any atom is 0.241 e. The van der Waals surface area contributed by atoms with Crippen LogP contribution in [0.5, 0.6) is 5.75 Å². The molecule has 2 N–H and O–H groups in total. The van der Waals surface area contributed by atoms with E-state index in [0.29, 0.717) is 0 Å². The van der Waals surface area contributed by atoms with Crippen LogP contribution in [0.15, 0.2) is 23.1 Å². The van der Waals surface area contributed by atoms with Gasteiger partial charge in [-0.2, -0.15) is 0 Å². The minimum Gasteiger partial charge on any atom is -0.288 e. The molecule has 0 heterocycles. The second kappa shape index (κ2) is 2.93. The SMILES string of the molecule is NS(=O)(=O)c1cc(Cl)ccc1[O]. The van der Waals surface area contributed by atoms with E-state index >= 15 is 0 Å². The van der Waals surface area contributed by atoms with Crippen molar-refractivity contribution in [1.82, 2.24) is 0 Å². The molecule has 1 rings (SSSR count). The van der Waals surface area contributed by atoms with Gasteiger partial charge in [-0.25, -0.2) is 13.6 Å². The normalized spacial score (nSPS) is 11.5. The van der Waals surface area contributed by atoms with Gasteiger partial charge in [0.2, 0.25) is 10.0 Å². The monoisotopic (exact) mass is 206 g/mol. The molecule has 1 aromatic rings. The molecule has 1 aromatic carbocycles. The van der Waals surface area contributed by atoms with E-state index in [0.717, 1.165) is 12.1 Å². The Morgan fingerprint density at radius 1 is 1.33 bits per heavy atom. The fourth-order valence-electron chi connectivity index (χ4n) is 0.704. The lowest BCUT2D eigenvalue weighted by Gasteiger charge is -1.98. The highest BCUT2D eigenvalue weighted by Crippen LogP contribution is 2.24. The predicted octanol–water partition coefficient (Wildman–Crippen LogP) is 1.13. The van der Waals surface area contributed by atoms with E-state index in [1.807, 2.05) is 0 Å². The van der Waals surface area contributed by atoms with Gasteiger partial charge in [-0.15, -0.1) is 0 Å². The summed E-state index contributed by atoms with van der Waals surface area (Å²) >= 11 is 5.46. The van der Waals surface area contributed by atoms with Crippen LogP contribution in [0.3, 0.4) is 0 Å². The Morgan fingerprint density at radius 2 is 1.92 bits per heavy atom. The van der Waals surface area contributed by atoms with E-state index < -0.39 is 20.7 Å². The molecule has 0 bridgehead atoms. The summed E-state index contributed by atoms with van der Waals surface area (Å²) in [6.07, 6.45) is 0. The van der Waals surface area contributed by atoms with E-state index in [4.69, 9.17) is 16.7 Å². The molecule has 0 aliphatic carbocycles. The van der Waals surface area contributed by atoms with Gasteiger partial charge in [-0.1, -0.05) is 11.6 Å². The number of hydrogen-bond acceptors (Lipinski definition) is 2. The molecule has 0 saturated carbocycles. The maximum atomic E-state index is 10.9. The summed E-state index contributed by atoms with van der Waals surface area (Å²) < 4.78 is 21.5. The average molecular weight is 207 g/mol. The molecular formula is C6H5ClNO3S. The Morgan fingerprint density at radius 3 is 2.33 bits per heavy atom. The first kappa shape index (κ1) is 9.31. The largest absolute Gasteiger partial charge is 0.288 e. The molecular weight excluding hydrogens is 202 g/mol. The summed E-state index contributed by atoms with van der Waals surface area (Å²) in [5.74, 6) is -0.651.